The van der Waals surface area contributed by atoms with Crippen LogP contribution in [0.3, 0.4) is 0 Å². The molecule has 6 nitrogen and oxygen atoms in total. The molecule has 5 aromatic rings. The van der Waals surface area contributed by atoms with E-state index in [-0.39, 0.29) is 12.1 Å². The number of ether oxygens (including phenoxy) is 1. The van der Waals surface area contributed by atoms with Crippen LogP contribution in [0.1, 0.15) is 24.1 Å². The number of aryl methyl sites for hydroxylation is 1. The molecule has 2 amide bonds. The number of imidazole rings is 1. The summed E-state index contributed by atoms with van der Waals surface area (Å²) in [5.74, 6) is 0. The Bertz CT molecular complexity index is 1550. The summed E-state index contributed by atoms with van der Waals surface area (Å²) in [6.45, 7) is 4.00. The van der Waals surface area contributed by atoms with Crippen molar-refractivity contribution in [1.29, 1.82) is 0 Å². The standard InChI is InChI=1S/C30H30N4O2S/c1-21-6-4-9-25(16-21)31-29(35)33(18-27-10-5-15-36-27)14-13-26-20-37-30-32-28(19-34(26)30)24-12-11-22-7-2-3-8-23(22)17-24/h2-4,6-9,11-12,16-17,19-20,27H,5,10,13-15,18H2,1H3,(H,31,35). The van der Waals surface area contributed by atoms with Crippen molar-refractivity contribution in [3.63, 3.8) is 0 Å². The Balaban J connectivity index is 1.20. The zero-order valence-electron chi connectivity index (χ0n) is 20.9. The van der Waals surface area contributed by atoms with E-state index < -0.39 is 0 Å². The van der Waals surface area contributed by atoms with Crippen molar-refractivity contribution in [3.8, 4) is 11.3 Å². The third kappa shape index (κ3) is 5.24. The van der Waals surface area contributed by atoms with E-state index in [1.807, 2.05) is 36.1 Å². The Morgan fingerprint density at radius 1 is 1.14 bits per heavy atom. The predicted molar refractivity (Wildman–Crippen MR) is 150 cm³/mol. The lowest BCUT2D eigenvalue weighted by molar-refractivity contribution is 0.0838. The van der Waals surface area contributed by atoms with Crippen molar-refractivity contribution in [2.45, 2.75) is 32.3 Å². The van der Waals surface area contributed by atoms with Crippen molar-refractivity contribution in [2.24, 2.45) is 0 Å². The molecule has 3 aromatic carbocycles. The molecule has 1 unspecified atom stereocenters. The van der Waals surface area contributed by atoms with Crippen LogP contribution in [0.15, 0.2) is 78.3 Å². The number of anilines is 1. The summed E-state index contributed by atoms with van der Waals surface area (Å²) >= 11 is 1.64. The molecule has 1 aliphatic heterocycles. The van der Waals surface area contributed by atoms with E-state index in [1.54, 1.807) is 11.3 Å². The molecule has 1 aliphatic rings. The molecule has 188 valence electrons. The molecule has 0 bridgehead atoms. The van der Waals surface area contributed by atoms with Gasteiger partial charge in [-0.05, 0) is 54.3 Å². The van der Waals surface area contributed by atoms with Crippen LogP contribution in [0.5, 0.6) is 0 Å². The van der Waals surface area contributed by atoms with Crippen LogP contribution >= 0.6 is 11.3 Å². The maximum Gasteiger partial charge on any atom is 0.321 e. The van der Waals surface area contributed by atoms with E-state index in [0.29, 0.717) is 13.1 Å². The molecule has 6 rings (SSSR count). The van der Waals surface area contributed by atoms with Gasteiger partial charge in [-0.2, -0.15) is 0 Å². The first-order valence-corrected chi connectivity index (χ1v) is 13.7. The molecule has 3 heterocycles. The lowest BCUT2D eigenvalue weighted by Crippen LogP contribution is -2.41. The van der Waals surface area contributed by atoms with Gasteiger partial charge in [-0.15, -0.1) is 11.3 Å². The lowest BCUT2D eigenvalue weighted by Gasteiger charge is -2.26. The topological polar surface area (TPSA) is 58.9 Å². The number of hydrogen-bond acceptors (Lipinski definition) is 4. The van der Waals surface area contributed by atoms with Crippen LogP contribution in [0, 0.1) is 6.92 Å². The van der Waals surface area contributed by atoms with Gasteiger partial charge in [-0.1, -0.05) is 48.5 Å². The van der Waals surface area contributed by atoms with Gasteiger partial charge in [0.25, 0.3) is 0 Å². The molecule has 7 heteroatoms. The third-order valence-electron chi connectivity index (χ3n) is 6.97. The minimum Gasteiger partial charge on any atom is -0.376 e. The van der Waals surface area contributed by atoms with Gasteiger partial charge >= 0.3 is 6.03 Å². The van der Waals surface area contributed by atoms with Crippen molar-refractivity contribution in [2.75, 3.05) is 25.0 Å². The number of hydrogen-bond donors (Lipinski definition) is 1. The second-order valence-corrected chi connectivity index (χ2v) is 10.5. The van der Waals surface area contributed by atoms with Gasteiger partial charge < -0.3 is 15.0 Å². The van der Waals surface area contributed by atoms with Crippen LogP contribution in [-0.2, 0) is 11.2 Å². The first kappa shape index (κ1) is 23.7. The summed E-state index contributed by atoms with van der Waals surface area (Å²) in [5, 5.41) is 7.66. The van der Waals surface area contributed by atoms with Gasteiger partial charge in [0.1, 0.15) is 0 Å². The maximum atomic E-state index is 13.3. The minimum atomic E-state index is -0.0879. The molecule has 0 saturated carbocycles. The summed E-state index contributed by atoms with van der Waals surface area (Å²) < 4.78 is 8.02. The number of rotatable bonds is 7. The van der Waals surface area contributed by atoms with Gasteiger partial charge in [0.2, 0.25) is 0 Å². The maximum absolute atomic E-state index is 13.3. The van der Waals surface area contributed by atoms with Crippen molar-refractivity contribution >= 4 is 38.8 Å². The van der Waals surface area contributed by atoms with Crippen molar-refractivity contribution in [1.82, 2.24) is 14.3 Å². The number of thiazole rings is 1. The van der Waals surface area contributed by atoms with E-state index in [2.05, 4.69) is 63.8 Å². The van der Waals surface area contributed by atoms with Crippen molar-refractivity contribution in [3.05, 3.63) is 89.6 Å². The van der Waals surface area contributed by atoms with E-state index in [9.17, 15) is 4.79 Å². The average Bonchev–Trinajstić information content (AvgIpc) is 3.65. The van der Waals surface area contributed by atoms with Gasteiger partial charge in [0, 0.05) is 54.6 Å². The molecule has 2 aromatic heterocycles. The summed E-state index contributed by atoms with van der Waals surface area (Å²) in [5.41, 5.74) is 5.16. The first-order chi connectivity index (χ1) is 18.1. The van der Waals surface area contributed by atoms with Gasteiger partial charge in [0.15, 0.2) is 4.96 Å². The Morgan fingerprint density at radius 3 is 2.86 bits per heavy atom. The largest absolute Gasteiger partial charge is 0.376 e. The van der Waals surface area contributed by atoms with Crippen LogP contribution < -0.4 is 5.32 Å². The number of aromatic nitrogens is 2. The fourth-order valence-corrected chi connectivity index (χ4v) is 5.89. The molecule has 0 aliphatic carbocycles. The fourth-order valence-electron chi connectivity index (χ4n) is 4.98. The summed E-state index contributed by atoms with van der Waals surface area (Å²) in [7, 11) is 0. The number of urea groups is 1. The average molecular weight is 511 g/mol. The Hall–Kier alpha value is -3.68. The number of nitrogens with zero attached hydrogens (tertiary/aromatic N) is 3. The molecule has 0 spiro atoms. The molecular formula is C30H30N4O2S. The van der Waals surface area contributed by atoms with E-state index in [0.717, 1.165) is 59.0 Å². The third-order valence-corrected chi connectivity index (χ3v) is 7.86. The second kappa shape index (κ2) is 10.4. The highest BCUT2D eigenvalue weighted by Gasteiger charge is 2.23. The number of nitrogens with one attached hydrogen (secondary N) is 1. The number of fused-ring (bicyclic) bond motifs is 2. The lowest BCUT2D eigenvalue weighted by atomic mass is 10.1. The van der Waals surface area contributed by atoms with Crippen LogP contribution in [-0.4, -0.2) is 46.1 Å². The molecule has 1 saturated heterocycles. The number of benzene rings is 3. The summed E-state index contributed by atoms with van der Waals surface area (Å²) in [4.78, 5) is 21.0. The van der Waals surface area contributed by atoms with Crippen molar-refractivity contribution < 1.29 is 9.53 Å². The minimum absolute atomic E-state index is 0.0879. The van der Waals surface area contributed by atoms with E-state index >= 15 is 0 Å². The van der Waals surface area contributed by atoms with Crippen LogP contribution in [0.2, 0.25) is 0 Å². The normalized spacial score (nSPS) is 15.4. The molecule has 37 heavy (non-hydrogen) atoms. The Morgan fingerprint density at radius 2 is 2.03 bits per heavy atom. The summed E-state index contributed by atoms with van der Waals surface area (Å²) in [6.07, 6.45) is 4.99. The number of carbonyl (C=O) groups excluding carboxylic acids is 1. The summed E-state index contributed by atoms with van der Waals surface area (Å²) in [6, 6.07) is 22.7. The van der Waals surface area contributed by atoms with Gasteiger partial charge in [0.05, 0.1) is 11.8 Å². The molecule has 0 radical (unpaired) electrons. The number of amides is 2. The zero-order chi connectivity index (χ0) is 25.2. The zero-order valence-corrected chi connectivity index (χ0v) is 21.7. The molecule has 1 fully saturated rings. The highest BCUT2D eigenvalue weighted by molar-refractivity contribution is 7.15. The molecule has 1 atom stereocenters. The van der Waals surface area contributed by atoms with E-state index in [4.69, 9.17) is 9.72 Å². The number of carbonyl (C=O) groups is 1. The first-order valence-electron chi connectivity index (χ1n) is 12.8. The molecule has 1 N–H and O–H groups in total. The second-order valence-electron chi connectivity index (χ2n) is 9.70. The SMILES string of the molecule is Cc1cccc(NC(=O)N(CCc2csc3nc(-c4ccc5ccccc5c4)cn23)CC2CCCO2)c1. The monoisotopic (exact) mass is 510 g/mol. The molecular weight excluding hydrogens is 480 g/mol. The van der Waals surface area contributed by atoms with Crippen LogP contribution in [0.25, 0.3) is 27.0 Å². The smallest absolute Gasteiger partial charge is 0.321 e. The highest BCUT2D eigenvalue weighted by atomic mass is 32.1. The van der Waals surface area contributed by atoms with Gasteiger partial charge in [-0.25, -0.2) is 9.78 Å². The Labute approximate surface area is 220 Å². The predicted octanol–water partition coefficient (Wildman–Crippen LogP) is 6.78. The highest BCUT2D eigenvalue weighted by Crippen LogP contribution is 2.27. The Kier molecular flexibility index (Phi) is 6.64. The quantitative estimate of drug-likeness (QED) is 0.263. The van der Waals surface area contributed by atoms with E-state index in [1.165, 1.54) is 10.8 Å². The fraction of sp³-hybridized carbons (Fsp3) is 0.267. The van der Waals surface area contributed by atoms with Gasteiger partial charge in [-0.3, -0.25) is 4.40 Å². The van der Waals surface area contributed by atoms with Crippen LogP contribution in [0.4, 0.5) is 10.5 Å².